The maximum Gasteiger partial charge on any atom is 0.325 e. The van der Waals surface area contributed by atoms with Crippen molar-refractivity contribution in [3.05, 3.63) is 24.3 Å². The number of aliphatic carboxylic acids is 1. The van der Waals surface area contributed by atoms with Crippen LogP contribution in [-0.4, -0.2) is 46.7 Å². The summed E-state index contributed by atoms with van der Waals surface area (Å²) in [4.78, 5) is 25.9. The van der Waals surface area contributed by atoms with E-state index in [-0.39, 0.29) is 17.8 Å². The molecule has 0 spiro atoms. The average Bonchev–Trinajstić information content (AvgIpc) is 3.19. The van der Waals surface area contributed by atoms with Crippen LogP contribution in [0.2, 0.25) is 0 Å². The summed E-state index contributed by atoms with van der Waals surface area (Å²) in [5.74, 6) is -1.01. The first-order valence-corrected chi connectivity index (χ1v) is 6.04. The zero-order valence-electron chi connectivity index (χ0n) is 10.6. The first-order valence-electron chi connectivity index (χ1n) is 6.04. The Bertz CT molecular complexity index is 482. The van der Waals surface area contributed by atoms with Gasteiger partial charge in [0.2, 0.25) is 0 Å². The van der Waals surface area contributed by atoms with E-state index in [1.54, 1.807) is 11.9 Å². The highest BCUT2D eigenvalue weighted by atomic mass is 16.4. The molecule has 19 heavy (non-hydrogen) atoms. The number of phenols is 1. The molecule has 2 N–H and O–H groups in total. The summed E-state index contributed by atoms with van der Waals surface area (Å²) in [6, 6.07) is 5.77. The van der Waals surface area contributed by atoms with Gasteiger partial charge >= 0.3 is 12.0 Å². The molecule has 1 aromatic carbocycles. The van der Waals surface area contributed by atoms with Gasteiger partial charge in [0.1, 0.15) is 12.3 Å². The molecule has 0 aliphatic heterocycles. The molecule has 0 saturated heterocycles. The first kappa shape index (κ1) is 13.2. The molecule has 0 heterocycles. The predicted octanol–water partition coefficient (Wildman–Crippen LogP) is 1.50. The van der Waals surface area contributed by atoms with E-state index in [1.807, 2.05) is 0 Å². The molecular formula is C13H16N2O4. The number of amides is 2. The summed E-state index contributed by atoms with van der Waals surface area (Å²) in [7, 11) is 1.68. The fourth-order valence-corrected chi connectivity index (χ4v) is 1.85. The standard InChI is InChI=1S/C13H16N2O4/c1-14(9-2-3-9)13(19)15(8-12(17)18)10-4-6-11(16)7-5-10/h4-7,9,16H,2-3,8H2,1H3,(H,17,18). The molecule has 6 nitrogen and oxygen atoms in total. The Kier molecular flexibility index (Phi) is 3.59. The van der Waals surface area contributed by atoms with Crippen LogP contribution in [0.5, 0.6) is 5.75 Å². The summed E-state index contributed by atoms with van der Waals surface area (Å²) in [6.07, 6.45) is 1.91. The molecule has 0 aromatic heterocycles. The highest BCUT2D eigenvalue weighted by Gasteiger charge is 2.33. The van der Waals surface area contributed by atoms with Crippen molar-refractivity contribution in [3.63, 3.8) is 0 Å². The number of aromatic hydroxyl groups is 1. The van der Waals surface area contributed by atoms with E-state index in [0.717, 1.165) is 12.8 Å². The second-order valence-corrected chi connectivity index (χ2v) is 4.62. The van der Waals surface area contributed by atoms with E-state index in [1.165, 1.54) is 29.2 Å². The smallest absolute Gasteiger partial charge is 0.325 e. The topological polar surface area (TPSA) is 81.1 Å². The van der Waals surface area contributed by atoms with Crippen LogP contribution < -0.4 is 4.90 Å². The van der Waals surface area contributed by atoms with E-state index in [4.69, 9.17) is 5.11 Å². The highest BCUT2D eigenvalue weighted by Crippen LogP contribution is 2.28. The molecule has 1 aromatic rings. The van der Waals surface area contributed by atoms with Gasteiger partial charge in [-0.25, -0.2) is 4.79 Å². The predicted molar refractivity (Wildman–Crippen MR) is 69.3 cm³/mol. The van der Waals surface area contributed by atoms with Gasteiger partial charge in [0, 0.05) is 18.8 Å². The number of hydrogen-bond acceptors (Lipinski definition) is 3. The number of carbonyl (C=O) groups excluding carboxylic acids is 1. The van der Waals surface area contributed by atoms with Gasteiger partial charge in [-0.3, -0.25) is 9.69 Å². The van der Waals surface area contributed by atoms with E-state index in [2.05, 4.69) is 0 Å². The average molecular weight is 264 g/mol. The van der Waals surface area contributed by atoms with Crippen molar-refractivity contribution in [1.29, 1.82) is 0 Å². The minimum atomic E-state index is -1.08. The van der Waals surface area contributed by atoms with Gasteiger partial charge in [-0.05, 0) is 37.1 Å². The second kappa shape index (κ2) is 5.17. The lowest BCUT2D eigenvalue weighted by Gasteiger charge is -2.27. The molecule has 2 rings (SSSR count). The summed E-state index contributed by atoms with van der Waals surface area (Å²) < 4.78 is 0. The number of nitrogens with zero attached hydrogens (tertiary/aromatic N) is 2. The molecule has 0 unspecified atom stereocenters. The third-order valence-electron chi connectivity index (χ3n) is 3.08. The van der Waals surface area contributed by atoms with Crippen LogP contribution in [0, 0.1) is 0 Å². The van der Waals surface area contributed by atoms with Gasteiger partial charge in [-0.1, -0.05) is 0 Å². The van der Waals surface area contributed by atoms with Crippen LogP contribution in [-0.2, 0) is 4.79 Å². The number of urea groups is 1. The van der Waals surface area contributed by atoms with Crippen LogP contribution in [0.1, 0.15) is 12.8 Å². The van der Waals surface area contributed by atoms with Crippen molar-refractivity contribution in [2.24, 2.45) is 0 Å². The minimum Gasteiger partial charge on any atom is -0.508 e. The lowest BCUT2D eigenvalue weighted by Crippen LogP contribution is -2.44. The molecule has 0 radical (unpaired) electrons. The van der Waals surface area contributed by atoms with Gasteiger partial charge in [0.15, 0.2) is 0 Å². The monoisotopic (exact) mass is 264 g/mol. The third-order valence-corrected chi connectivity index (χ3v) is 3.08. The van der Waals surface area contributed by atoms with Crippen LogP contribution in [0.15, 0.2) is 24.3 Å². The maximum atomic E-state index is 12.3. The zero-order chi connectivity index (χ0) is 14.0. The molecular weight excluding hydrogens is 248 g/mol. The normalized spacial score (nSPS) is 13.9. The summed E-state index contributed by atoms with van der Waals surface area (Å²) in [5, 5.41) is 18.2. The number of phenolic OH excluding ortho intramolecular Hbond substituents is 1. The third kappa shape index (κ3) is 3.15. The van der Waals surface area contributed by atoms with Gasteiger partial charge in [0.05, 0.1) is 0 Å². The number of rotatable bonds is 4. The Morgan fingerprint density at radius 2 is 1.84 bits per heavy atom. The number of carboxylic acids is 1. The van der Waals surface area contributed by atoms with Crippen molar-refractivity contribution in [1.82, 2.24) is 4.90 Å². The Balaban J connectivity index is 2.21. The minimum absolute atomic E-state index is 0.0713. The Labute approximate surface area is 110 Å². The molecule has 0 atom stereocenters. The lowest BCUT2D eigenvalue weighted by molar-refractivity contribution is -0.135. The molecule has 1 aliphatic rings. The van der Waals surface area contributed by atoms with Gasteiger partial charge in [0.25, 0.3) is 0 Å². The molecule has 2 amide bonds. The fourth-order valence-electron chi connectivity index (χ4n) is 1.85. The molecule has 1 fully saturated rings. The summed E-state index contributed by atoms with van der Waals surface area (Å²) in [6.45, 7) is -0.402. The molecule has 0 bridgehead atoms. The van der Waals surface area contributed by atoms with Gasteiger partial charge in [-0.15, -0.1) is 0 Å². The Morgan fingerprint density at radius 1 is 1.26 bits per heavy atom. The number of anilines is 1. The second-order valence-electron chi connectivity index (χ2n) is 4.62. The Morgan fingerprint density at radius 3 is 2.32 bits per heavy atom. The Hall–Kier alpha value is -2.24. The van der Waals surface area contributed by atoms with Crippen molar-refractivity contribution in [2.45, 2.75) is 18.9 Å². The first-order chi connectivity index (χ1) is 8.99. The molecule has 1 saturated carbocycles. The quantitative estimate of drug-likeness (QED) is 0.863. The van der Waals surface area contributed by atoms with Crippen LogP contribution in [0.3, 0.4) is 0 Å². The van der Waals surface area contributed by atoms with E-state index in [0.29, 0.717) is 5.69 Å². The highest BCUT2D eigenvalue weighted by molar-refractivity contribution is 5.96. The number of carbonyl (C=O) groups is 2. The molecule has 6 heteroatoms. The number of benzene rings is 1. The summed E-state index contributed by atoms with van der Waals surface area (Å²) >= 11 is 0. The molecule has 102 valence electrons. The van der Waals surface area contributed by atoms with Crippen molar-refractivity contribution >= 4 is 17.7 Å². The van der Waals surface area contributed by atoms with E-state index in [9.17, 15) is 14.7 Å². The number of hydrogen-bond donors (Lipinski definition) is 2. The van der Waals surface area contributed by atoms with Crippen molar-refractivity contribution in [2.75, 3.05) is 18.5 Å². The molecule has 1 aliphatic carbocycles. The maximum absolute atomic E-state index is 12.3. The van der Waals surface area contributed by atoms with Crippen LogP contribution in [0.4, 0.5) is 10.5 Å². The van der Waals surface area contributed by atoms with Crippen LogP contribution in [0.25, 0.3) is 0 Å². The number of carboxylic acid groups (broad SMARTS) is 1. The fraction of sp³-hybridized carbons (Fsp3) is 0.385. The lowest BCUT2D eigenvalue weighted by atomic mass is 10.2. The van der Waals surface area contributed by atoms with Crippen molar-refractivity contribution < 1.29 is 19.8 Å². The van der Waals surface area contributed by atoms with Crippen LogP contribution >= 0.6 is 0 Å². The zero-order valence-corrected chi connectivity index (χ0v) is 10.6. The largest absolute Gasteiger partial charge is 0.508 e. The van der Waals surface area contributed by atoms with Crippen molar-refractivity contribution in [3.8, 4) is 5.75 Å². The SMILES string of the molecule is CN(C(=O)N(CC(=O)O)c1ccc(O)cc1)C1CC1. The summed E-state index contributed by atoms with van der Waals surface area (Å²) in [5.41, 5.74) is 0.456. The van der Waals surface area contributed by atoms with E-state index < -0.39 is 12.5 Å². The van der Waals surface area contributed by atoms with E-state index >= 15 is 0 Å². The van der Waals surface area contributed by atoms with Gasteiger partial charge in [-0.2, -0.15) is 0 Å². The van der Waals surface area contributed by atoms with Gasteiger partial charge < -0.3 is 15.1 Å².